The fourth-order valence-corrected chi connectivity index (χ4v) is 2.40. The lowest BCUT2D eigenvalue weighted by molar-refractivity contribution is -0.136. The maximum atomic E-state index is 12.0. The van der Waals surface area contributed by atoms with Crippen LogP contribution in [0, 0.1) is 6.92 Å². The lowest BCUT2D eigenvalue weighted by atomic mass is 10.1. The molecule has 0 aliphatic heterocycles. The SMILES string of the molecule is CCOc1ccc(OCC)c(/C(C)=N\NC(=O)C(=O)Nc2ccc(C)cc2)c1. The third-order valence-corrected chi connectivity index (χ3v) is 3.79. The van der Waals surface area contributed by atoms with Crippen LogP contribution < -0.4 is 20.2 Å². The van der Waals surface area contributed by atoms with E-state index in [1.54, 1.807) is 37.3 Å². The van der Waals surface area contributed by atoms with E-state index in [1.165, 1.54) is 0 Å². The van der Waals surface area contributed by atoms with Crippen LogP contribution in [0.1, 0.15) is 31.9 Å². The van der Waals surface area contributed by atoms with Gasteiger partial charge in [-0.1, -0.05) is 17.7 Å². The summed E-state index contributed by atoms with van der Waals surface area (Å²) in [5.74, 6) is -0.378. The molecule has 0 saturated carbocycles. The monoisotopic (exact) mass is 383 g/mol. The summed E-state index contributed by atoms with van der Waals surface area (Å²) in [6.45, 7) is 8.44. The summed E-state index contributed by atoms with van der Waals surface area (Å²) in [7, 11) is 0. The lowest BCUT2D eigenvalue weighted by Gasteiger charge is -2.12. The normalized spacial score (nSPS) is 10.9. The number of hydrogen-bond acceptors (Lipinski definition) is 5. The van der Waals surface area contributed by atoms with Crippen LogP contribution in [0.4, 0.5) is 5.69 Å². The number of hydrazone groups is 1. The van der Waals surface area contributed by atoms with Crippen molar-refractivity contribution in [1.82, 2.24) is 5.43 Å². The van der Waals surface area contributed by atoms with Crippen molar-refractivity contribution in [2.45, 2.75) is 27.7 Å². The van der Waals surface area contributed by atoms with E-state index in [9.17, 15) is 9.59 Å². The maximum Gasteiger partial charge on any atom is 0.329 e. The number of carbonyl (C=O) groups is 2. The Balaban J connectivity index is 2.09. The average molecular weight is 383 g/mol. The fraction of sp³-hybridized carbons (Fsp3) is 0.286. The second-order valence-electron chi connectivity index (χ2n) is 5.98. The molecular formula is C21H25N3O4. The molecule has 0 radical (unpaired) electrons. The summed E-state index contributed by atoms with van der Waals surface area (Å²) in [4.78, 5) is 24.1. The first kappa shape index (κ1) is 21.0. The molecule has 0 bridgehead atoms. The molecule has 7 heteroatoms. The van der Waals surface area contributed by atoms with E-state index in [4.69, 9.17) is 9.47 Å². The Bertz CT molecular complexity index is 860. The maximum absolute atomic E-state index is 12.0. The van der Waals surface area contributed by atoms with E-state index in [0.29, 0.717) is 41.7 Å². The number of rotatable bonds is 7. The number of anilines is 1. The van der Waals surface area contributed by atoms with Crippen molar-refractivity contribution in [3.8, 4) is 11.5 Å². The molecule has 0 unspecified atom stereocenters. The predicted octanol–water partition coefficient (Wildman–Crippen LogP) is 3.27. The van der Waals surface area contributed by atoms with Crippen molar-refractivity contribution in [1.29, 1.82) is 0 Å². The molecule has 0 fully saturated rings. The van der Waals surface area contributed by atoms with Crippen LogP contribution in [0.2, 0.25) is 0 Å². The Morgan fingerprint density at radius 3 is 2.29 bits per heavy atom. The van der Waals surface area contributed by atoms with Gasteiger partial charge in [-0.05, 0) is 58.0 Å². The van der Waals surface area contributed by atoms with Crippen LogP contribution in [0.3, 0.4) is 0 Å². The molecule has 0 spiro atoms. The van der Waals surface area contributed by atoms with Gasteiger partial charge in [0.05, 0.1) is 18.9 Å². The van der Waals surface area contributed by atoms with E-state index < -0.39 is 11.8 Å². The Labute approximate surface area is 164 Å². The van der Waals surface area contributed by atoms with Crippen molar-refractivity contribution in [2.24, 2.45) is 5.10 Å². The van der Waals surface area contributed by atoms with Gasteiger partial charge in [-0.15, -0.1) is 0 Å². The molecule has 2 rings (SSSR count). The van der Waals surface area contributed by atoms with Gasteiger partial charge in [0.1, 0.15) is 11.5 Å². The smallest absolute Gasteiger partial charge is 0.329 e. The highest BCUT2D eigenvalue weighted by molar-refractivity contribution is 6.39. The number of hydrogen-bond donors (Lipinski definition) is 2. The molecular weight excluding hydrogens is 358 g/mol. The number of ether oxygens (including phenoxy) is 2. The second-order valence-corrected chi connectivity index (χ2v) is 5.98. The van der Waals surface area contributed by atoms with E-state index in [0.717, 1.165) is 5.56 Å². The van der Waals surface area contributed by atoms with E-state index in [1.807, 2.05) is 32.9 Å². The molecule has 2 aromatic rings. The number of amides is 2. The van der Waals surface area contributed by atoms with Crippen LogP contribution in [0.5, 0.6) is 11.5 Å². The van der Waals surface area contributed by atoms with Gasteiger partial charge >= 0.3 is 11.8 Å². The zero-order valence-corrected chi connectivity index (χ0v) is 16.5. The van der Waals surface area contributed by atoms with E-state index >= 15 is 0 Å². The van der Waals surface area contributed by atoms with Gasteiger partial charge in [0.2, 0.25) is 0 Å². The summed E-state index contributed by atoms with van der Waals surface area (Å²) < 4.78 is 11.1. The topological polar surface area (TPSA) is 89.0 Å². The van der Waals surface area contributed by atoms with Crippen molar-refractivity contribution >= 4 is 23.2 Å². The van der Waals surface area contributed by atoms with Crippen LogP contribution >= 0.6 is 0 Å². The standard InChI is InChI=1S/C21H25N3O4/c1-5-27-17-11-12-19(28-6-2)18(13-17)15(4)23-24-21(26)20(25)22-16-9-7-14(3)8-10-16/h7-13H,5-6H2,1-4H3,(H,22,25)(H,24,26)/b23-15-. The zero-order valence-electron chi connectivity index (χ0n) is 16.5. The molecule has 7 nitrogen and oxygen atoms in total. The third kappa shape index (κ3) is 5.84. The van der Waals surface area contributed by atoms with Crippen LogP contribution in [-0.2, 0) is 9.59 Å². The predicted molar refractivity (Wildman–Crippen MR) is 109 cm³/mol. The summed E-state index contributed by atoms with van der Waals surface area (Å²) in [6.07, 6.45) is 0. The largest absolute Gasteiger partial charge is 0.494 e. The highest BCUT2D eigenvalue weighted by atomic mass is 16.5. The highest BCUT2D eigenvalue weighted by Crippen LogP contribution is 2.25. The van der Waals surface area contributed by atoms with Crippen LogP contribution in [-0.4, -0.2) is 30.7 Å². The molecule has 148 valence electrons. The van der Waals surface area contributed by atoms with E-state index in [2.05, 4.69) is 15.8 Å². The minimum atomic E-state index is -0.862. The number of carbonyl (C=O) groups excluding carboxylic acids is 2. The molecule has 28 heavy (non-hydrogen) atoms. The van der Waals surface area contributed by atoms with Gasteiger partial charge in [0.15, 0.2) is 0 Å². The van der Waals surface area contributed by atoms with Crippen molar-refractivity contribution in [2.75, 3.05) is 18.5 Å². The van der Waals surface area contributed by atoms with Crippen molar-refractivity contribution < 1.29 is 19.1 Å². The molecule has 0 heterocycles. The molecule has 0 aliphatic rings. The number of aryl methyl sites for hydroxylation is 1. The van der Waals surface area contributed by atoms with Gasteiger partial charge in [-0.25, -0.2) is 5.43 Å². The number of nitrogens with zero attached hydrogens (tertiary/aromatic N) is 1. The first-order valence-electron chi connectivity index (χ1n) is 9.06. The Kier molecular flexibility index (Phi) is 7.56. The van der Waals surface area contributed by atoms with Gasteiger partial charge in [-0.3, -0.25) is 9.59 Å². The molecule has 2 aromatic carbocycles. The van der Waals surface area contributed by atoms with E-state index in [-0.39, 0.29) is 0 Å². The quantitative estimate of drug-likeness (QED) is 0.436. The number of benzene rings is 2. The lowest BCUT2D eigenvalue weighted by Crippen LogP contribution is -2.33. The van der Waals surface area contributed by atoms with Crippen LogP contribution in [0.25, 0.3) is 0 Å². The minimum absolute atomic E-state index is 0.486. The summed E-state index contributed by atoms with van der Waals surface area (Å²) >= 11 is 0. The van der Waals surface area contributed by atoms with Crippen molar-refractivity contribution in [3.63, 3.8) is 0 Å². The molecule has 2 amide bonds. The fourth-order valence-electron chi connectivity index (χ4n) is 2.40. The van der Waals surface area contributed by atoms with Gasteiger partial charge in [0, 0.05) is 11.3 Å². The Morgan fingerprint density at radius 2 is 1.64 bits per heavy atom. The molecule has 0 aliphatic carbocycles. The highest BCUT2D eigenvalue weighted by Gasteiger charge is 2.14. The molecule has 0 atom stereocenters. The van der Waals surface area contributed by atoms with Crippen LogP contribution in [0.15, 0.2) is 47.6 Å². The Hall–Kier alpha value is -3.35. The van der Waals surface area contributed by atoms with Gasteiger partial charge < -0.3 is 14.8 Å². The molecule has 0 saturated heterocycles. The first-order valence-corrected chi connectivity index (χ1v) is 9.06. The average Bonchev–Trinajstić information content (AvgIpc) is 2.69. The van der Waals surface area contributed by atoms with Gasteiger partial charge in [0.25, 0.3) is 0 Å². The zero-order chi connectivity index (χ0) is 20.5. The Morgan fingerprint density at radius 1 is 0.964 bits per heavy atom. The second kappa shape index (κ2) is 10.1. The van der Waals surface area contributed by atoms with Gasteiger partial charge in [-0.2, -0.15) is 5.10 Å². The summed E-state index contributed by atoms with van der Waals surface area (Å²) in [5.41, 5.74) is 5.03. The number of nitrogens with one attached hydrogen (secondary N) is 2. The first-order chi connectivity index (χ1) is 13.4. The molecule has 2 N–H and O–H groups in total. The third-order valence-electron chi connectivity index (χ3n) is 3.79. The van der Waals surface area contributed by atoms with Crippen molar-refractivity contribution in [3.05, 3.63) is 53.6 Å². The summed E-state index contributed by atoms with van der Waals surface area (Å²) in [6, 6.07) is 12.5. The molecule has 0 aromatic heterocycles. The summed E-state index contributed by atoms with van der Waals surface area (Å²) in [5, 5.41) is 6.56. The minimum Gasteiger partial charge on any atom is -0.494 e.